The number of allylic oxidation sites excluding steroid dienone is 3. The van der Waals surface area contributed by atoms with E-state index in [1.54, 1.807) is 19.3 Å². The van der Waals surface area contributed by atoms with E-state index in [2.05, 4.69) is 34.9 Å². The van der Waals surface area contributed by atoms with Crippen molar-refractivity contribution in [2.24, 2.45) is 17.0 Å². The highest BCUT2D eigenvalue weighted by molar-refractivity contribution is 5.82. The van der Waals surface area contributed by atoms with E-state index in [4.69, 9.17) is 20.7 Å². The number of hydrogen-bond donors (Lipinski definition) is 0. The second-order valence-corrected chi connectivity index (χ2v) is 9.15. The molecule has 3 atom stereocenters. The summed E-state index contributed by atoms with van der Waals surface area (Å²) in [4.78, 5) is 26.7. The number of ketones is 1. The van der Waals surface area contributed by atoms with Crippen molar-refractivity contribution in [2.75, 3.05) is 6.61 Å². The van der Waals surface area contributed by atoms with Gasteiger partial charge in [0.2, 0.25) is 5.88 Å². The van der Waals surface area contributed by atoms with Crippen LogP contribution in [0.15, 0.2) is 41.4 Å². The van der Waals surface area contributed by atoms with Crippen LogP contribution in [-0.2, 0) is 20.8 Å². The van der Waals surface area contributed by atoms with Gasteiger partial charge in [-0.15, -0.1) is 12.3 Å². The van der Waals surface area contributed by atoms with Gasteiger partial charge < -0.3 is 14.3 Å². The Morgan fingerprint density at radius 2 is 2.17 bits per heavy atom. The van der Waals surface area contributed by atoms with Crippen molar-refractivity contribution in [1.29, 1.82) is 0 Å². The summed E-state index contributed by atoms with van der Waals surface area (Å²) in [6.45, 7) is 10.4. The molecule has 36 heavy (non-hydrogen) atoms. The summed E-state index contributed by atoms with van der Waals surface area (Å²) >= 11 is 0. The summed E-state index contributed by atoms with van der Waals surface area (Å²) in [7, 11) is 0. The zero-order chi connectivity index (χ0) is 26.3. The Labute approximate surface area is 215 Å². The van der Waals surface area contributed by atoms with Crippen molar-refractivity contribution in [3.05, 3.63) is 47.6 Å². The molecule has 194 valence electrons. The first-order chi connectivity index (χ1) is 17.3. The Balaban J connectivity index is 1.93. The Morgan fingerprint density at radius 1 is 1.36 bits per heavy atom. The number of hydrogen-bond acceptors (Lipinski definition) is 7. The van der Waals surface area contributed by atoms with Crippen molar-refractivity contribution >= 4 is 18.1 Å². The van der Waals surface area contributed by atoms with E-state index >= 15 is 0 Å². The monoisotopic (exact) mass is 493 g/mol. The van der Waals surface area contributed by atoms with E-state index < -0.39 is 6.10 Å². The lowest BCUT2D eigenvalue weighted by Crippen LogP contribution is -2.22. The molecule has 0 aliphatic heterocycles. The van der Waals surface area contributed by atoms with Crippen LogP contribution in [0.2, 0.25) is 0 Å². The average Bonchev–Trinajstić information content (AvgIpc) is 3.02. The molecule has 0 saturated heterocycles. The number of rotatable bonds is 14. The highest BCUT2D eigenvalue weighted by atomic mass is 16.6. The molecule has 0 N–H and O–H groups in total. The smallest absolute Gasteiger partial charge is 0.233 e. The van der Waals surface area contributed by atoms with E-state index in [1.807, 2.05) is 44.2 Å². The molecule has 0 bridgehead atoms. The standard InChI is InChI=1S/C29H39N3O4/c1-7-9-12-26-25(11-8-2)30-20-29(32-26)36-28-17-16-24(15-14-22(28)5)35-23(6)27(33)13-10-18-34-31-19-21(3)4/h2,9,12,15-17,19-23,28H,7,10-11,13-14,18H2,1,3-6H3/b12-9-,31-19+. The number of carbonyl (C=O) groups is 1. The summed E-state index contributed by atoms with van der Waals surface area (Å²) in [5.41, 5.74) is 1.48. The zero-order valence-electron chi connectivity index (χ0n) is 22.1. The van der Waals surface area contributed by atoms with Crippen molar-refractivity contribution in [2.45, 2.75) is 78.9 Å². The van der Waals surface area contributed by atoms with Crippen LogP contribution in [0.5, 0.6) is 5.88 Å². The molecule has 1 aromatic rings. The van der Waals surface area contributed by atoms with Crippen LogP contribution < -0.4 is 4.74 Å². The van der Waals surface area contributed by atoms with Crippen LogP contribution in [0.25, 0.3) is 6.08 Å². The van der Waals surface area contributed by atoms with Gasteiger partial charge in [-0.1, -0.05) is 38.9 Å². The normalized spacial score (nSPS) is 18.6. The van der Waals surface area contributed by atoms with Gasteiger partial charge in [-0.25, -0.2) is 4.98 Å². The van der Waals surface area contributed by atoms with E-state index in [0.29, 0.717) is 43.4 Å². The summed E-state index contributed by atoms with van der Waals surface area (Å²) in [5, 5.41) is 3.87. The largest absolute Gasteiger partial charge is 0.483 e. The molecule has 0 aromatic carbocycles. The van der Waals surface area contributed by atoms with Gasteiger partial charge in [-0.3, -0.25) is 9.78 Å². The van der Waals surface area contributed by atoms with Crippen LogP contribution in [-0.4, -0.2) is 40.8 Å². The van der Waals surface area contributed by atoms with Crippen molar-refractivity contribution in [3.63, 3.8) is 0 Å². The molecule has 1 aromatic heterocycles. The maximum absolute atomic E-state index is 12.5. The number of Topliss-reactive ketones (excluding diaryl/α,β-unsaturated/α-hetero) is 1. The van der Waals surface area contributed by atoms with Crippen LogP contribution in [0.3, 0.4) is 0 Å². The third kappa shape index (κ3) is 10.1. The highest BCUT2D eigenvalue weighted by Crippen LogP contribution is 2.24. The maximum atomic E-state index is 12.5. The molecule has 1 aliphatic carbocycles. The number of ether oxygens (including phenoxy) is 2. The van der Waals surface area contributed by atoms with Gasteiger partial charge in [0.05, 0.1) is 24.0 Å². The van der Waals surface area contributed by atoms with Gasteiger partial charge in [-0.2, -0.15) is 0 Å². The number of terminal acetylenes is 1. The quantitative estimate of drug-likeness (QED) is 0.143. The Bertz CT molecular complexity index is 1000. The summed E-state index contributed by atoms with van der Waals surface area (Å²) in [5.74, 6) is 4.27. The van der Waals surface area contributed by atoms with Crippen LogP contribution in [0.4, 0.5) is 0 Å². The van der Waals surface area contributed by atoms with Crippen LogP contribution in [0, 0.1) is 24.2 Å². The molecular formula is C29H39N3O4. The first-order valence-electron chi connectivity index (χ1n) is 12.7. The lowest BCUT2D eigenvalue weighted by Gasteiger charge is -2.20. The first kappa shape index (κ1) is 28.8. The Kier molecular flexibility index (Phi) is 12.5. The lowest BCUT2D eigenvalue weighted by molar-refractivity contribution is -0.127. The predicted octanol–water partition coefficient (Wildman–Crippen LogP) is 5.72. The van der Waals surface area contributed by atoms with Crippen molar-refractivity contribution < 1.29 is 19.1 Å². The van der Waals surface area contributed by atoms with Gasteiger partial charge in [0.1, 0.15) is 18.5 Å². The van der Waals surface area contributed by atoms with Crippen LogP contribution in [0.1, 0.15) is 71.7 Å². The minimum atomic E-state index is -0.546. The number of nitrogens with zero attached hydrogens (tertiary/aromatic N) is 3. The third-order valence-electron chi connectivity index (χ3n) is 5.46. The fourth-order valence-electron chi connectivity index (χ4n) is 3.33. The van der Waals surface area contributed by atoms with E-state index in [0.717, 1.165) is 24.2 Å². The number of aromatic nitrogens is 2. The molecule has 2 rings (SSSR count). The highest BCUT2D eigenvalue weighted by Gasteiger charge is 2.21. The lowest BCUT2D eigenvalue weighted by atomic mass is 10.0. The van der Waals surface area contributed by atoms with Crippen LogP contribution >= 0.6 is 0 Å². The van der Waals surface area contributed by atoms with Gasteiger partial charge in [0.25, 0.3) is 0 Å². The molecule has 1 aliphatic rings. The minimum Gasteiger partial charge on any atom is -0.483 e. The molecule has 0 radical (unpaired) electrons. The SMILES string of the molecule is C#CCc1ncc(OC2C=CC(OC(C)C(=O)CCCO/N=C/C(C)C)=CCC2C)nc1/C=C\CC. The van der Waals surface area contributed by atoms with Crippen molar-refractivity contribution in [3.8, 4) is 18.2 Å². The summed E-state index contributed by atoms with van der Waals surface area (Å²) < 4.78 is 12.1. The fraction of sp³-hybridized carbons (Fsp3) is 0.517. The van der Waals surface area contributed by atoms with Crippen molar-refractivity contribution in [1.82, 2.24) is 9.97 Å². The first-order valence-corrected chi connectivity index (χ1v) is 12.7. The molecular weight excluding hydrogens is 454 g/mol. The van der Waals surface area contributed by atoms with E-state index in [-0.39, 0.29) is 17.8 Å². The Hall–Kier alpha value is -3.40. The topological polar surface area (TPSA) is 82.9 Å². The molecule has 1 heterocycles. The zero-order valence-corrected chi connectivity index (χ0v) is 22.1. The molecule has 0 saturated carbocycles. The van der Waals surface area contributed by atoms with Gasteiger partial charge in [0.15, 0.2) is 11.9 Å². The second kappa shape index (κ2) is 15.6. The third-order valence-corrected chi connectivity index (χ3v) is 5.46. The molecule has 7 nitrogen and oxygen atoms in total. The maximum Gasteiger partial charge on any atom is 0.233 e. The van der Waals surface area contributed by atoms with Gasteiger partial charge in [0, 0.05) is 18.6 Å². The minimum absolute atomic E-state index is 0.0285. The summed E-state index contributed by atoms with van der Waals surface area (Å²) in [6.07, 6.45) is 20.8. The van der Waals surface area contributed by atoms with Gasteiger partial charge >= 0.3 is 0 Å². The number of oxime groups is 1. The predicted molar refractivity (Wildman–Crippen MR) is 143 cm³/mol. The van der Waals surface area contributed by atoms with E-state index in [1.165, 1.54) is 0 Å². The molecule has 0 spiro atoms. The average molecular weight is 494 g/mol. The molecule has 0 fully saturated rings. The summed E-state index contributed by atoms with van der Waals surface area (Å²) in [6, 6.07) is 0. The second-order valence-electron chi connectivity index (χ2n) is 9.15. The Morgan fingerprint density at radius 3 is 2.89 bits per heavy atom. The number of carbonyl (C=O) groups excluding carboxylic acids is 1. The van der Waals surface area contributed by atoms with E-state index in [9.17, 15) is 4.79 Å². The molecule has 0 amide bonds. The molecule has 3 unspecified atom stereocenters. The van der Waals surface area contributed by atoms with Gasteiger partial charge in [-0.05, 0) is 56.4 Å². The fourth-order valence-corrected chi connectivity index (χ4v) is 3.33. The molecule has 7 heteroatoms.